The molecular formula is C27H44N4O10S. The summed E-state index contributed by atoms with van der Waals surface area (Å²) in [6.07, 6.45) is 4.72. The summed E-state index contributed by atoms with van der Waals surface area (Å²) in [6.45, 7) is 7.85. The van der Waals surface area contributed by atoms with Crippen LogP contribution < -0.4 is 5.32 Å². The minimum absolute atomic E-state index is 0.135. The van der Waals surface area contributed by atoms with Gasteiger partial charge in [0.05, 0.1) is 24.7 Å². The van der Waals surface area contributed by atoms with Crippen molar-refractivity contribution in [2.75, 3.05) is 32.8 Å². The number of carbonyl (C=O) groups is 4. The number of ether oxygens (including phenoxy) is 2. The quantitative estimate of drug-likeness (QED) is 0.381. The molecule has 0 spiro atoms. The Morgan fingerprint density at radius 2 is 1.69 bits per heavy atom. The van der Waals surface area contributed by atoms with E-state index >= 15 is 0 Å². The molecule has 0 aromatic carbocycles. The fraction of sp³-hybridized carbons (Fsp3) is 0.852. The van der Waals surface area contributed by atoms with Crippen LogP contribution in [0.5, 0.6) is 0 Å². The van der Waals surface area contributed by atoms with E-state index in [1.807, 2.05) is 0 Å². The third-order valence-electron chi connectivity index (χ3n) is 8.29. The molecule has 42 heavy (non-hydrogen) atoms. The fourth-order valence-corrected chi connectivity index (χ4v) is 6.85. The lowest BCUT2D eigenvalue weighted by Gasteiger charge is -2.35. The van der Waals surface area contributed by atoms with Crippen LogP contribution >= 0.6 is 0 Å². The van der Waals surface area contributed by atoms with Crippen LogP contribution in [0.1, 0.15) is 85.5 Å². The van der Waals surface area contributed by atoms with Gasteiger partial charge in [0.25, 0.3) is 0 Å². The summed E-state index contributed by atoms with van der Waals surface area (Å²) in [4.78, 5) is 54.2. The Kier molecular flexibility index (Phi) is 9.93. The van der Waals surface area contributed by atoms with Crippen molar-refractivity contribution in [1.29, 1.82) is 0 Å². The minimum atomic E-state index is -4.68. The van der Waals surface area contributed by atoms with Gasteiger partial charge < -0.3 is 24.6 Å². The number of esters is 1. The molecule has 238 valence electrons. The van der Waals surface area contributed by atoms with Crippen molar-refractivity contribution in [3.05, 3.63) is 0 Å². The van der Waals surface area contributed by atoms with Gasteiger partial charge in [-0.3, -0.25) is 9.59 Å². The highest BCUT2D eigenvalue weighted by atomic mass is 32.3. The highest BCUT2D eigenvalue weighted by Gasteiger charge is 2.50. The topological polar surface area (TPSA) is 161 Å². The fourth-order valence-electron chi connectivity index (χ4n) is 6.06. The number of piperidine rings is 2. The zero-order valence-electron chi connectivity index (χ0n) is 25.0. The second-order valence-electron chi connectivity index (χ2n) is 12.6. The zero-order valence-corrected chi connectivity index (χ0v) is 25.8. The molecule has 2 atom stereocenters. The molecule has 1 N–H and O–H groups in total. The predicted molar refractivity (Wildman–Crippen MR) is 148 cm³/mol. The van der Waals surface area contributed by atoms with E-state index in [1.54, 1.807) is 32.6 Å². The lowest BCUT2D eigenvalue weighted by atomic mass is 9.75. The maximum Gasteiger partial charge on any atom is 0.421 e. The van der Waals surface area contributed by atoms with Gasteiger partial charge in [-0.25, -0.2) is 13.8 Å². The third-order valence-corrected chi connectivity index (χ3v) is 9.04. The van der Waals surface area contributed by atoms with Gasteiger partial charge in [-0.1, -0.05) is 19.3 Å². The Bertz CT molecular complexity index is 1130. The molecule has 0 radical (unpaired) electrons. The summed E-state index contributed by atoms with van der Waals surface area (Å²) in [5, 5.41) is 3.75. The number of nitrogens with zero attached hydrogens (tertiary/aromatic N) is 3. The lowest BCUT2D eigenvalue weighted by molar-refractivity contribution is -0.160. The SMILES string of the molecule is CCOC(=O)C1(COS(=O)(=O)ON2C(=O)N3C[C@H]2CC[C@H]3C(=O)NC2CCN(C(=O)OC(C)(C)C)CC2)CCCCC1. The van der Waals surface area contributed by atoms with Gasteiger partial charge in [0.1, 0.15) is 11.6 Å². The summed E-state index contributed by atoms with van der Waals surface area (Å²) in [7, 11) is -4.68. The van der Waals surface area contributed by atoms with Crippen molar-refractivity contribution in [2.24, 2.45) is 5.41 Å². The zero-order chi connectivity index (χ0) is 30.7. The van der Waals surface area contributed by atoms with Crippen molar-refractivity contribution in [3.63, 3.8) is 0 Å². The molecule has 0 unspecified atom stereocenters. The summed E-state index contributed by atoms with van der Waals surface area (Å²) < 4.78 is 46.4. The van der Waals surface area contributed by atoms with Gasteiger partial charge in [-0.15, -0.1) is 4.28 Å². The molecule has 2 bridgehead atoms. The van der Waals surface area contributed by atoms with Crippen LogP contribution in [0.15, 0.2) is 0 Å². The second kappa shape index (κ2) is 12.9. The van der Waals surface area contributed by atoms with Crippen LogP contribution in [0.4, 0.5) is 9.59 Å². The lowest BCUT2D eigenvalue weighted by Crippen LogP contribution is -2.54. The number of urea groups is 1. The number of carbonyl (C=O) groups excluding carboxylic acids is 4. The highest BCUT2D eigenvalue weighted by molar-refractivity contribution is 7.81. The number of fused-ring (bicyclic) bond motifs is 2. The number of nitrogens with one attached hydrogen (secondary N) is 1. The van der Waals surface area contributed by atoms with E-state index in [0.29, 0.717) is 51.6 Å². The number of rotatable bonds is 9. The van der Waals surface area contributed by atoms with E-state index in [1.165, 1.54) is 4.90 Å². The van der Waals surface area contributed by atoms with Crippen LogP contribution in [0.3, 0.4) is 0 Å². The maximum atomic E-state index is 13.2. The van der Waals surface area contributed by atoms with E-state index < -0.39 is 52.1 Å². The number of amides is 4. The van der Waals surface area contributed by atoms with Crippen LogP contribution in [0.25, 0.3) is 0 Å². The minimum Gasteiger partial charge on any atom is -0.465 e. The van der Waals surface area contributed by atoms with Crippen LogP contribution in [0.2, 0.25) is 0 Å². The molecule has 0 aromatic heterocycles. The van der Waals surface area contributed by atoms with Crippen molar-refractivity contribution in [3.8, 4) is 0 Å². The largest absolute Gasteiger partial charge is 0.465 e. The van der Waals surface area contributed by atoms with Gasteiger partial charge >= 0.3 is 28.5 Å². The Morgan fingerprint density at radius 1 is 1.02 bits per heavy atom. The average Bonchev–Trinajstić information content (AvgIpc) is 3.16. The molecule has 1 aliphatic carbocycles. The van der Waals surface area contributed by atoms with Crippen molar-refractivity contribution >= 4 is 34.4 Å². The molecule has 4 amide bonds. The Morgan fingerprint density at radius 3 is 2.31 bits per heavy atom. The molecule has 4 rings (SSSR count). The maximum absolute atomic E-state index is 13.2. The molecule has 15 heteroatoms. The molecule has 3 saturated heterocycles. The Hall–Kier alpha value is -2.65. The van der Waals surface area contributed by atoms with Gasteiger partial charge in [-0.05, 0) is 66.2 Å². The number of hydrogen-bond donors (Lipinski definition) is 1. The second-order valence-corrected chi connectivity index (χ2v) is 13.8. The first-order valence-corrected chi connectivity index (χ1v) is 16.2. The molecule has 4 aliphatic rings. The van der Waals surface area contributed by atoms with E-state index in [2.05, 4.69) is 5.32 Å². The third kappa shape index (κ3) is 7.64. The van der Waals surface area contributed by atoms with Gasteiger partial charge in [0.2, 0.25) is 5.91 Å². The van der Waals surface area contributed by atoms with Gasteiger partial charge in [0, 0.05) is 25.7 Å². The smallest absolute Gasteiger partial charge is 0.421 e. The molecule has 3 aliphatic heterocycles. The van der Waals surface area contributed by atoms with Crippen LogP contribution in [-0.4, -0.2) is 104 Å². The number of hydroxylamine groups is 2. The number of likely N-dealkylation sites (tertiary alicyclic amines) is 1. The number of hydrogen-bond acceptors (Lipinski definition) is 10. The summed E-state index contributed by atoms with van der Waals surface area (Å²) >= 11 is 0. The van der Waals surface area contributed by atoms with Crippen molar-refractivity contribution in [1.82, 2.24) is 20.2 Å². The first-order chi connectivity index (χ1) is 19.7. The summed E-state index contributed by atoms with van der Waals surface area (Å²) in [5.74, 6) is -0.823. The van der Waals surface area contributed by atoms with E-state index in [4.69, 9.17) is 17.9 Å². The molecular weight excluding hydrogens is 572 g/mol. The first kappa shape index (κ1) is 32.3. The van der Waals surface area contributed by atoms with Crippen molar-refractivity contribution < 1.29 is 45.5 Å². The molecule has 1 saturated carbocycles. The van der Waals surface area contributed by atoms with Gasteiger partial charge in [-0.2, -0.15) is 13.5 Å². The molecule has 3 heterocycles. The highest BCUT2D eigenvalue weighted by Crippen LogP contribution is 2.39. The standard InChI is InChI=1S/C27H44N4O10S/c1-5-38-23(33)27(13-7-6-8-14-27)18-39-42(36,37)41-31-20-9-10-21(30(17-20)24(31)34)22(32)28-19-11-15-29(16-12-19)25(35)40-26(2,3)4/h19-21H,5-18H2,1-4H3,(H,28,32)/t20-,21+/m1/s1. The van der Waals surface area contributed by atoms with Crippen molar-refractivity contribution in [2.45, 2.75) is 109 Å². The normalized spacial score (nSPS) is 24.9. The summed E-state index contributed by atoms with van der Waals surface area (Å²) in [6, 6.07) is -2.24. The van der Waals surface area contributed by atoms with Gasteiger partial charge in [0.15, 0.2) is 0 Å². The Labute approximate surface area is 247 Å². The average molecular weight is 617 g/mol. The van der Waals surface area contributed by atoms with Crippen LogP contribution in [0, 0.1) is 5.41 Å². The predicted octanol–water partition coefficient (Wildman–Crippen LogP) is 2.48. The molecule has 0 aromatic rings. The van der Waals surface area contributed by atoms with E-state index in [0.717, 1.165) is 24.3 Å². The first-order valence-electron chi connectivity index (χ1n) is 14.9. The summed E-state index contributed by atoms with van der Waals surface area (Å²) in [5.41, 5.74) is -1.67. The monoisotopic (exact) mass is 616 g/mol. The van der Waals surface area contributed by atoms with E-state index in [-0.39, 0.29) is 31.2 Å². The molecule has 4 fully saturated rings. The van der Waals surface area contributed by atoms with Crippen LogP contribution in [-0.2, 0) is 37.9 Å². The molecule has 14 nitrogen and oxygen atoms in total. The Balaban J connectivity index is 1.29. The van der Waals surface area contributed by atoms with E-state index in [9.17, 15) is 27.6 Å².